The number of hydrogen-bond acceptors (Lipinski definition) is 5. The lowest BCUT2D eigenvalue weighted by atomic mass is 9.93. The van der Waals surface area contributed by atoms with E-state index in [0.717, 1.165) is 4.90 Å². The van der Waals surface area contributed by atoms with Crippen LogP contribution in [0.3, 0.4) is 0 Å². The van der Waals surface area contributed by atoms with Crippen molar-refractivity contribution >= 4 is 36.0 Å². The second-order valence-corrected chi connectivity index (χ2v) is 7.67. The molecule has 0 aliphatic carbocycles. The van der Waals surface area contributed by atoms with Gasteiger partial charge in [-0.05, 0) is 24.1 Å². The number of methoxy groups -OCH3 is 1. The lowest BCUT2D eigenvalue weighted by Gasteiger charge is -2.29. The van der Waals surface area contributed by atoms with E-state index in [1.165, 1.54) is 11.8 Å². The van der Waals surface area contributed by atoms with Crippen molar-refractivity contribution in [2.75, 3.05) is 46.2 Å². The van der Waals surface area contributed by atoms with Gasteiger partial charge in [0.1, 0.15) is 0 Å². The molecule has 0 aliphatic rings. The van der Waals surface area contributed by atoms with E-state index in [4.69, 9.17) is 10.5 Å². The summed E-state index contributed by atoms with van der Waals surface area (Å²) < 4.78 is 4.90. The molecular weight excluding hydrogens is 374 g/mol. The van der Waals surface area contributed by atoms with Crippen LogP contribution >= 0.6 is 24.2 Å². The number of hydrogen-bond donors (Lipinski definition) is 2. The average molecular weight is 404 g/mol. The van der Waals surface area contributed by atoms with E-state index in [0.29, 0.717) is 31.8 Å². The largest absolute Gasteiger partial charge is 0.383 e. The molecule has 0 fully saturated rings. The van der Waals surface area contributed by atoms with Crippen LogP contribution in [0.1, 0.15) is 24.2 Å². The van der Waals surface area contributed by atoms with E-state index >= 15 is 0 Å². The highest BCUT2D eigenvalue weighted by Crippen LogP contribution is 2.24. The van der Waals surface area contributed by atoms with Crippen LogP contribution < -0.4 is 11.1 Å². The average Bonchev–Trinajstić information content (AvgIpc) is 2.59. The molecule has 0 saturated carbocycles. The third-order valence-corrected chi connectivity index (χ3v) is 4.74. The van der Waals surface area contributed by atoms with Gasteiger partial charge < -0.3 is 20.7 Å². The fraction of sp³-hybridized carbons (Fsp3) is 0.556. The Morgan fingerprint density at radius 3 is 2.58 bits per heavy atom. The van der Waals surface area contributed by atoms with Crippen molar-refractivity contribution in [2.45, 2.75) is 18.7 Å². The van der Waals surface area contributed by atoms with Gasteiger partial charge in [-0.3, -0.25) is 9.59 Å². The van der Waals surface area contributed by atoms with Crippen LogP contribution in [0.4, 0.5) is 0 Å². The third kappa shape index (κ3) is 8.40. The lowest BCUT2D eigenvalue weighted by Crippen LogP contribution is -2.39. The minimum absolute atomic E-state index is 0. The van der Waals surface area contributed by atoms with Crippen LogP contribution in [0.5, 0.6) is 0 Å². The van der Waals surface area contributed by atoms with Gasteiger partial charge in [-0.15, -0.1) is 24.2 Å². The van der Waals surface area contributed by atoms with Crippen LogP contribution in [0.15, 0.2) is 29.2 Å². The molecule has 1 rings (SSSR count). The number of nitrogens with one attached hydrogen (secondary N) is 1. The molecule has 1 aromatic rings. The molecule has 8 heteroatoms. The summed E-state index contributed by atoms with van der Waals surface area (Å²) in [6.45, 7) is 6.09. The second-order valence-electron chi connectivity index (χ2n) is 6.66. The third-order valence-electron chi connectivity index (χ3n) is 3.67. The number of ether oxygens (including phenoxy) is 1. The van der Waals surface area contributed by atoms with Gasteiger partial charge in [0.15, 0.2) is 0 Å². The fourth-order valence-electron chi connectivity index (χ4n) is 2.24. The Kier molecular flexibility index (Phi) is 11.6. The first kappa shape index (κ1) is 24.7. The van der Waals surface area contributed by atoms with Crippen molar-refractivity contribution in [3.05, 3.63) is 29.8 Å². The molecule has 6 nitrogen and oxygen atoms in total. The van der Waals surface area contributed by atoms with Crippen LogP contribution in [-0.2, 0) is 9.53 Å². The molecule has 0 aliphatic heterocycles. The Labute approximate surface area is 166 Å². The summed E-state index contributed by atoms with van der Waals surface area (Å²) in [5, 5.41) is 2.77. The molecule has 0 unspecified atom stereocenters. The van der Waals surface area contributed by atoms with E-state index in [1.54, 1.807) is 25.1 Å². The minimum atomic E-state index is -0.145. The molecule has 3 N–H and O–H groups in total. The van der Waals surface area contributed by atoms with E-state index < -0.39 is 0 Å². The van der Waals surface area contributed by atoms with Gasteiger partial charge in [-0.2, -0.15) is 0 Å². The van der Waals surface area contributed by atoms with E-state index in [-0.39, 0.29) is 35.4 Å². The molecule has 26 heavy (non-hydrogen) atoms. The molecule has 0 radical (unpaired) electrons. The van der Waals surface area contributed by atoms with Crippen LogP contribution in [-0.4, -0.2) is 62.9 Å². The summed E-state index contributed by atoms with van der Waals surface area (Å²) in [4.78, 5) is 27.1. The maximum atomic E-state index is 12.8. The number of halogens is 1. The van der Waals surface area contributed by atoms with Gasteiger partial charge in [-0.25, -0.2) is 0 Å². The van der Waals surface area contributed by atoms with Gasteiger partial charge in [-0.1, -0.05) is 26.0 Å². The van der Waals surface area contributed by atoms with Gasteiger partial charge in [0.05, 0.1) is 17.9 Å². The van der Waals surface area contributed by atoms with Crippen molar-refractivity contribution < 1.29 is 14.3 Å². The Morgan fingerprint density at radius 1 is 1.31 bits per heavy atom. The zero-order chi connectivity index (χ0) is 18.9. The summed E-state index contributed by atoms with van der Waals surface area (Å²) in [6, 6.07) is 7.35. The van der Waals surface area contributed by atoms with Crippen LogP contribution in [0.2, 0.25) is 0 Å². The van der Waals surface area contributed by atoms with Gasteiger partial charge in [0, 0.05) is 32.1 Å². The van der Waals surface area contributed by atoms with E-state index in [2.05, 4.69) is 5.32 Å². The number of nitrogens with zero attached hydrogens (tertiary/aromatic N) is 1. The number of benzene rings is 1. The first-order valence-corrected chi connectivity index (χ1v) is 9.22. The van der Waals surface area contributed by atoms with Crippen molar-refractivity contribution in [1.82, 2.24) is 10.2 Å². The Hall–Kier alpha value is -1.28. The predicted molar refractivity (Wildman–Crippen MR) is 109 cm³/mol. The van der Waals surface area contributed by atoms with Crippen molar-refractivity contribution in [2.24, 2.45) is 11.1 Å². The number of nitrogens with two attached hydrogens (primary N) is 1. The maximum Gasteiger partial charge on any atom is 0.254 e. The highest BCUT2D eigenvalue weighted by atomic mass is 35.5. The molecule has 0 saturated heterocycles. The van der Waals surface area contributed by atoms with E-state index in [1.807, 2.05) is 32.0 Å². The number of carbonyl (C=O) groups excluding carboxylic acids is 2. The normalized spacial score (nSPS) is 10.8. The SMILES string of the molecule is COCCNC(=O)CSc1ccccc1C(=O)N(C)CC(C)(C)CN.Cl. The monoisotopic (exact) mass is 403 g/mol. The van der Waals surface area contributed by atoms with Gasteiger partial charge in [0.2, 0.25) is 5.91 Å². The first-order chi connectivity index (χ1) is 11.8. The predicted octanol–water partition coefficient (Wildman–Crippen LogP) is 2.02. The molecule has 0 aromatic heterocycles. The number of thioether (sulfide) groups is 1. The smallest absolute Gasteiger partial charge is 0.254 e. The molecular formula is C18H30ClN3O3S. The van der Waals surface area contributed by atoms with Crippen molar-refractivity contribution in [1.29, 1.82) is 0 Å². The summed E-state index contributed by atoms with van der Waals surface area (Å²) in [7, 11) is 3.36. The summed E-state index contributed by atoms with van der Waals surface area (Å²) in [6.07, 6.45) is 0. The van der Waals surface area contributed by atoms with Crippen molar-refractivity contribution in [3.8, 4) is 0 Å². The fourth-order valence-corrected chi connectivity index (χ4v) is 3.11. The highest BCUT2D eigenvalue weighted by molar-refractivity contribution is 8.00. The summed E-state index contributed by atoms with van der Waals surface area (Å²) in [5.74, 6) is 0.109. The second kappa shape index (κ2) is 12.2. The first-order valence-electron chi connectivity index (χ1n) is 8.23. The van der Waals surface area contributed by atoms with Gasteiger partial charge >= 0.3 is 0 Å². The molecule has 0 spiro atoms. The number of rotatable bonds is 10. The maximum absolute atomic E-state index is 12.8. The number of amides is 2. The Morgan fingerprint density at radius 2 is 1.96 bits per heavy atom. The molecule has 0 atom stereocenters. The summed E-state index contributed by atoms with van der Waals surface area (Å²) in [5.41, 5.74) is 6.22. The molecule has 0 bridgehead atoms. The zero-order valence-corrected chi connectivity index (χ0v) is 17.5. The van der Waals surface area contributed by atoms with Crippen LogP contribution in [0, 0.1) is 5.41 Å². The van der Waals surface area contributed by atoms with E-state index in [9.17, 15) is 9.59 Å². The topological polar surface area (TPSA) is 84.7 Å². The number of carbonyl (C=O) groups is 2. The standard InChI is InChI=1S/C18H29N3O3S.ClH/c1-18(2,12-19)13-21(3)17(23)14-7-5-6-8-15(14)25-11-16(22)20-9-10-24-4;/h5-8H,9-13,19H2,1-4H3,(H,20,22);1H. The molecule has 148 valence electrons. The zero-order valence-electron chi connectivity index (χ0n) is 15.9. The molecule has 0 heterocycles. The van der Waals surface area contributed by atoms with Crippen molar-refractivity contribution in [3.63, 3.8) is 0 Å². The van der Waals surface area contributed by atoms with Crippen LogP contribution in [0.25, 0.3) is 0 Å². The minimum Gasteiger partial charge on any atom is -0.383 e. The molecule has 2 amide bonds. The Bertz CT molecular complexity index is 585. The highest BCUT2D eigenvalue weighted by Gasteiger charge is 2.23. The lowest BCUT2D eigenvalue weighted by molar-refractivity contribution is -0.118. The molecule has 1 aromatic carbocycles. The summed E-state index contributed by atoms with van der Waals surface area (Å²) >= 11 is 1.36. The van der Waals surface area contributed by atoms with Gasteiger partial charge in [0.25, 0.3) is 5.91 Å². The Balaban J connectivity index is 0.00000625. The quantitative estimate of drug-likeness (QED) is 0.461.